The molecule has 1 aromatic carbocycles. The van der Waals surface area contributed by atoms with Crippen LogP contribution in [0.1, 0.15) is 37.0 Å². The lowest BCUT2D eigenvalue weighted by atomic mass is 10.2. The third-order valence-corrected chi connectivity index (χ3v) is 3.45. The second-order valence-corrected chi connectivity index (χ2v) is 5.54. The number of aromatic nitrogens is 2. The second-order valence-electron chi connectivity index (χ2n) is 4.88. The van der Waals surface area contributed by atoms with Gasteiger partial charge in [-0.2, -0.15) is 0 Å². The predicted octanol–water partition coefficient (Wildman–Crippen LogP) is 3.74. The zero-order chi connectivity index (χ0) is 15.6. The number of hydrogen-bond acceptors (Lipinski definition) is 3. The largest absolute Gasteiger partial charge is 0.466 e. The molecule has 0 aliphatic heterocycles. The van der Waals surface area contributed by atoms with E-state index in [4.69, 9.17) is 16.3 Å². The van der Waals surface area contributed by atoms with Crippen molar-refractivity contribution in [3.05, 3.63) is 29.3 Å². The minimum Gasteiger partial charge on any atom is -0.466 e. The molecule has 1 atom stereocenters. The summed E-state index contributed by atoms with van der Waals surface area (Å²) in [4.78, 5) is 15.9. The average molecular weight is 313 g/mol. The fourth-order valence-corrected chi connectivity index (χ4v) is 2.41. The van der Waals surface area contributed by atoms with Crippen molar-refractivity contribution in [1.82, 2.24) is 9.55 Å². The van der Waals surface area contributed by atoms with Gasteiger partial charge in [-0.1, -0.05) is 0 Å². The van der Waals surface area contributed by atoms with Gasteiger partial charge in [-0.15, -0.1) is 11.6 Å². The fraction of sp³-hybridized carbons (Fsp3) is 0.467. The van der Waals surface area contributed by atoms with E-state index in [1.807, 2.05) is 4.57 Å². The molecule has 114 valence electrons. The highest BCUT2D eigenvalue weighted by Crippen LogP contribution is 2.26. The highest BCUT2D eigenvalue weighted by molar-refractivity contribution is 6.20. The Hall–Kier alpha value is -1.62. The van der Waals surface area contributed by atoms with Gasteiger partial charge in [-0.3, -0.25) is 4.79 Å². The maximum absolute atomic E-state index is 13.6. The standard InChI is InChI=1S/C15H18ClFN2O2/c1-4-21-14(20)5-6-19-13-7-9(2)11(17)8-12(13)18-15(19)10(3)16/h7-8,10H,4-6H2,1-3H3. The van der Waals surface area contributed by atoms with E-state index in [2.05, 4.69) is 4.98 Å². The number of fused-ring (bicyclic) bond motifs is 1. The van der Waals surface area contributed by atoms with Crippen molar-refractivity contribution in [2.24, 2.45) is 0 Å². The van der Waals surface area contributed by atoms with E-state index in [0.717, 1.165) is 5.52 Å². The van der Waals surface area contributed by atoms with Gasteiger partial charge in [0.25, 0.3) is 0 Å². The van der Waals surface area contributed by atoms with E-state index in [-0.39, 0.29) is 23.6 Å². The molecule has 0 N–H and O–H groups in total. The van der Waals surface area contributed by atoms with Gasteiger partial charge in [0.05, 0.1) is 29.4 Å². The van der Waals surface area contributed by atoms with Gasteiger partial charge in [0.15, 0.2) is 0 Å². The maximum atomic E-state index is 13.6. The Morgan fingerprint density at radius 2 is 2.24 bits per heavy atom. The summed E-state index contributed by atoms with van der Waals surface area (Å²) in [5, 5.41) is -0.331. The Morgan fingerprint density at radius 3 is 2.86 bits per heavy atom. The van der Waals surface area contributed by atoms with Crippen LogP contribution in [0, 0.1) is 12.7 Å². The van der Waals surface area contributed by atoms with Gasteiger partial charge in [0.2, 0.25) is 0 Å². The molecule has 6 heteroatoms. The molecule has 0 saturated carbocycles. The van der Waals surface area contributed by atoms with E-state index in [0.29, 0.717) is 30.1 Å². The highest BCUT2D eigenvalue weighted by Gasteiger charge is 2.17. The average Bonchev–Trinajstić information content (AvgIpc) is 2.75. The zero-order valence-electron chi connectivity index (χ0n) is 12.3. The monoisotopic (exact) mass is 312 g/mol. The van der Waals surface area contributed by atoms with Crippen LogP contribution in [0.5, 0.6) is 0 Å². The molecular formula is C15H18ClFN2O2. The number of benzene rings is 1. The number of halogens is 2. The summed E-state index contributed by atoms with van der Waals surface area (Å²) in [6, 6.07) is 3.12. The van der Waals surface area contributed by atoms with Gasteiger partial charge in [0, 0.05) is 12.6 Å². The quantitative estimate of drug-likeness (QED) is 0.624. The number of ether oxygens (including phenoxy) is 1. The molecule has 0 bridgehead atoms. The number of rotatable bonds is 5. The molecule has 1 unspecified atom stereocenters. The van der Waals surface area contributed by atoms with Crippen molar-refractivity contribution in [2.75, 3.05) is 6.61 Å². The van der Waals surface area contributed by atoms with Crippen LogP contribution in [-0.2, 0) is 16.1 Å². The van der Waals surface area contributed by atoms with Crippen molar-refractivity contribution in [3.8, 4) is 0 Å². The van der Waals surface area contributed by atoms with Crippen molar-refractivity contribution >= 4 is 28.6 Å². The normalized spacial score (nSPS) is 12.6. The lowest BCUT2D eigenvalue weighted by Crippen LogP contribution is -2.11. The molecule has 0 aliphatic carbocycles. The molecule has 21 heavy (non-hydrogen) atoms. The summed E-state index contributed by atoms with van der Waals surface area (Å²) in [6.07, 6.45) is 0.229. The van der Waals surface area contributed by atoms with E-state index < -0.39 is 0 Å². The first-order valence-electron chi connectivity index (χ1n) is 6.90. The SMILES string of the molecule is CCOC(=O)CCn1c(C(C)Cl)nc2cc(F)c(C)cc21. The number of aryl methyl sites for hydroxylation is 2. The number of carbonyl (C=O) groups is 1. The van der Waals surface area contributed by atoms with E-state index >= 15 is 0 Å². The van der Waals surface area contributed by atoms with Crippen molar-refractivity contribution in [2.45, 2.75) is 39.1 Å². The number of alkyl halides is 1. The van der Waals surface area contributed by atoms with E-state index in [1.54, 1.807) is 26.8 Å². The topological polar surface area (TPSA) is 44.1 Å². The van der Waals surface area contributed by atoms with E-state index in [1.165, 1.54) is 6.07 Å². The van der Waals surface area contributed by atoms with Crippen molar-refractivity contribution in [3.63, 3.8) is 0 Å². The number of nitrogens with zero attached hydrogens (tertiary/aromatic N) is 2. The number of esters is 1. The molecule has 2 aromatic rings. The molecule has 0 spiro atoms. The van der Waals surface area contributed by atoms with Crippen LogP contribution in [0.3, 0.4) is 0 Å². The molecule has 0 aliphatic rings. The van der Waals surface area contributed by atoms with Crippen molar-refractivity contribution in [1.29, 1.82) is 0 Å². The molecule has 0 saturated heterocycles. The van der Waals surface area contributed by atoms with Crippen LogP contribution in [0.4, 0.5) is 4.39 Å². The van der Waals surface area contributed by atoms with Crippen LogP contribution >= 0.6 is 11.6 Å². The van der Waals surface area contributed by atoms with Gasteiger partial charge < -0.3 is 9.30 Å². The van der Waals surface area contributed by atoms with Gasteiger partial charge in [-0.05, 0) is 32.4 Å². The van der Waals surface area contributed by atoms with Crippen LogP contribution < -0.4 is 0 Å². The first-order chi connectivity index (χ1) is 9.93. The van der Waals surface area contributed by atoms with Crippen LogP contribution in [0.25, 0.3) is 11.0 Å². The summed E-state index contributed by atoms with van der Waals surface area (Å²) in [7, 11) is 0. The molecule has 0 amide bonds. The Bertz CT molecular complexity index is 667. The first-order valence-corrected chi connectivity index (χ1v) is 7.33. The lowest BCUT2D eigenvalue weighted by molar-refractivity contribution is -0.143. The molecule has 1 heterocycles. The summed E-state index contributed by atoms with van der Waals surface area (Å²) in [5.74, 6) is 0.0543. The minimum absolute atomic E-state index is 0.229. The zero-order valence-corrected chi connectivity index (χ0v) is 13.1. The van der Waals surface area contributed by atoms with Gasteiger partial charge in [-0.25, -0.2) is 9.37 Å². The van der Waals surface area contributed by atoms with Crippen LogP contribution in [-0.4, -0.2) is 22.1 Å². The second kappa shape index (κ2) is 6.43. The number of hydrogen-bond donors (Lipinski definition) is 0. The van der Waals surface area contributed by atoms with Gasteiger partial charge in [0.1, 0.15) is 11.6 Å². The van der Waals surface area contributed by atoms with Crippen molar-refractivity contribution < 1.29 is 13.9 Å². The molecule has 0 radical (unpaired) electrons. The summed E-state index contributed by atoms with van der Waals surface area (Å²) >= 11 is 6.14. The minimum atomic E-state index is -0.331. The van der Waals surface area contributed by atoms with E-state index in [9.17, 15) is 9.18 Å². The Morgan fingerprint density at radius 1 is 1.52 bits per heavy atom. The first kappa shape index (κ1) is 15.8. The fourth-order valence-electron chi connectivity index (χ4n) is 2.24. The third kappa shape index (κ3) is 3.35. The third-order valence-electron chi connectivity index (χ3n) is 3.26. The molecule has 1 aromatic heterocycles. The highest BCUT2D eigenvalue weighted by atomic mass is 35.5. The Labute approximate surface area is 127 Å². The predicted molar refractivity (Wildman–Crippen MR) is 79.9 cm³/mol. The Kier molecular flexibility index (Phi) is 4.83. The molecule has 0 fully saturated rings. The molecule has 2 rings (SSSR count). The molecular weight excluding hydrogens is 295 g/mol. The van der Waals surface area contributed by atoms with Crippen LogP contribution in [0.15, 0.2) is 12.1 Å². The summed E-state index contributed by atoms with van der Waals surface area (Å²) < 4.78 is 20.4. The summed E-state index contributed by atoms with van der Waals surface area (Å²) in [5.41, 5.74) is 1.86. The smallest absolute Gasteiger partial charge is 0.307 e. The Balaban J connectivity index is 2.41. The number of carbonyl (C=O) groups excluding carboxylic acids is 1. The molecule has 4 nitrogen and oxygen atoms in total. The van der Waals surface area contributed by atoms with Gasteiger partial charge >= 0.3 is 5.97 Å². The van der Waals surface area contributed by atoms with Crippen LogP contribution in [0.2, 0.25) is 0 Å². The number of imidazole rings is 1. The maximum Gasteiger partial charge on any atom is 0.307 e. The summed E-state index contributed by atoms with van der Waals surface area (Å²) in [6.45, 7) is 6.02. The lowest BCUT2D eigenvalue weighted by Gasteiger charge is -2.10.